The molecule has 1 aromatic carbocycles. The van der Waals surface area contributed by atoms with E-state index >= 15 is 0 Å². The van der Waals surface area contributed by atoms with Crippen molar-refractivity contribution >= 4 is 5.91 Å². The van der Waals surface area contributed by atoms with Crippen molar-refractivity contribution in [3.63, 3.8) is 0 Å². The summed E-state index contributed by atoms with van der Waals surface area (Å²) in [6.45, 7) is 0.206. The van der Waals surface area contributed by atoms with Gasteiger partial charge in [-0.1, -0.05) is 12.1 Å². The molecular formula is C13H15F3N2O. The van der Waals surface area contributed by atoms with Crippen LogP contribution < -0.4 is 11.1 Å². The van der Waals surface area contributed by atoms with Crippen molar-refractivity contribution in [3.05, 3.63) is 35.4 Å². The lowest BCUT2D eigenvalue weighted by molar-refractivity contribution is -0.137. The summed E-state index contributed by atoms with van der Waals surface area (Å²) in [5, 5.41) is 2.49. The largest absolute Gasteiger partial charge is 0.417 e. The van der Waals surface area contributed by atoms with Gasteiger partial charge in [0.05, 0.1) is 11.1 Å². The topological polar surface area (TPSA) is 55.1 Å². The Balaban J connectivity index is 2.11. The van der Waals surface area contributed by atoms with Crippen molar-refractivity contribution in [2.24, 2.45) is 5.73 Å². The van der Waals surface area contributed by atoms with E-state index in [-0.39, 0.29) is 12.1 Å². The molecule has 0 spiro atoms. The van der Waals surface area contributed by atoms with Crippen molar-refractivity contribution < 1.29 is 18.0 Å². The van der Waals surface area contributed by atoms with Crippen LogP contribution in [0.1, 0.15) is 35.2 Å². The number of carbonyl (C=O) groups is 1. The fraction of sp³-hybridized carbons (Fsp3) is 0.462. The summed E-state index contributed by atoms with van der Waals surface area (Å²) in [5.41, 5.74) is 4.17. The molecule has 6 heteroatoms. The maximum Gasteiger partial charge on any atom is 0.417 e. The van der Waals surface area contributed by atoms with Crippen LogP contribution in [0, 0.1) is 0 Å². The highest BCUT2D eigenvalue weighted by Gasteiger charge is 2.36. The van der Waals surface area contributed by atoms with Gasteiger partial charge in [-0.3, -0.25) is 4.79 Å². The molecular weight excluding hydrogens is 257 g/mol. The monoisotopic (exact) mass is 272 g/mol. The van der Waals surface area contributed by atoms with E-state index in [1.807, 2.05) is 0 Å². The number of carbonyl (C=O) groups excluding carboxylic acids is 1. The third kappa shape index (κ3) is 3.07. The molecule has 0 unspecified atom stereocenters. The third-order valence-electron chi connectivity index (χ3n) is 3.43. The zero-order valence-corrected chi connectivity index (χ0v) is 10.3. The standard InChI is InChI=1S/C13H15F3N2O/c14-13(15,16)10-5-2-1-4-9(10)11(19)18-8-12(17)6-3-7-12/h1-2,4-5H,3,6-8,17H2,(H,18,19). The quantitative estimate of drug-likeness (QED) is 0.887. The number of benzene rings is 1. The summed E-state index contributed by atoms with van der Waals surface area (Å²) in [7, 11) is 0. The number of nitrogens with one attached hydrogen (secondary N) is 1. The zero-order chi connectivity index (χ0) is 14.1. The average molecular weight is 272 g/mol. The Labute approximate surface area is 109 Å². The van der Waals surface area contributed by atoms with E-state index in [2.05, 4.69) is 5.32 Å². The van der Waals surface area contributed by atoms with Gasteiger partial charge < -0.3 is 11.1 Å². The van der Waals surface area contributed by atoms with Gasteiger partial charge >= 0.3 is 6.18 Å². The second kappa shape index (κ2) is 4.85. The number of rotatable bonds is 3. The van der Waals surface area contributed by atoms with Gasteiger partial charge in [0.1, 0.15) is 0 Å². The molecule has 3 nitrogen and oxygen atoms in total. The number of alkyl halides is 3. The Morgan fingerprint density at radius 2 is 1.95 bits per heavy atom. The van der Waals surface area contributed by atoms with Gasteiger partial charge in [-0.15, -0.1) is 0 Å². The number of hydrogen-bond acceptors (Lipinski definition) is 2. The molecule has 1 aliphatic rings. The Kier molecular flexibility index (Phi) is 3.54. The van der Waals surface area contributed by atoms with Gasteiger partial charge in [0.25, 0.3) is 5.91 Å². The van der Waals surface area contributed by atoms with Crippen molar-refractivity contribution in [2.75, 3.05) is 6.54 Å². The summed E-state index contributed by atoms with van der Waals surface area (Å²) in [6, 6.07) is 4.74. The minimum absolute atomic E-state index is 0.206. The minimum atomic E-state index is -4.54. The predicted octanol–water partition coefficient (Wildman–Crippen LogP) is 2.32. The number of nitrogens with two attached hydrogens (primary N) is 1. The molecule has 0 heterocycles. The average Bonchev–Trinajstić information content (AvgIpc) is 2.32. The van der Waals surface area contributed by atoms with Crippen molar-refractivity contribution in [3.8, 4) is 0 Å². The SMILES string of the molecule is NC1(CNC(=O)c2ccccc2C(F)(F)F)CCC1. The number of amides is 1. The van der Waals surface area contributed by atoms with Crippen LogP contribution in [0.4, 0.5) is 13.2 Å². The fourth-order valence-electron chi connectivity index (χ4n) is 2.09. The molecule has 1 amide bonds. The molecule has 3 N–H and O–H groups in total. The molecule has 104 valence electrons. The van der Waals surface area contributed by atoms with E-state index in [0.29, 0.717) is 0 Å². The van der Waals surface area contributed by atoms with Crippen molar-refractivity contribution in [1.82, 2.24) is 5.32 Å². The lowest BCUT2D eigenvalue weighted by Gasteiger charge is -2.38. The highest BCUT2D eigenvalue weighted by molar-refractivity contribution is 5.95. The van der Waals surface area contributed by atoms with Gasteiger partial charge in [0.2, 0.25) is 0 Å². The predicted molar refractivity (Wildman–Crippen MR) is 64.5 cm³/mol. The summed E-state index contributed by atoms with van der Waals surface area (Å²) in [4.78, 5) is 11.8. The van der Waals surface area contributed by atoms with E-state index in [1.54, 1.807) is 0 Å². The van der Waals surface area contributed by atoms with Crippen molar-refractivity contribution in [1.29, 1.82) is 0 Å². The first-order valence-electron chi connectivity index (χ1n) is 6.05. The van der Waals surface area contributed by atoms with Crippen molar-refractivity contribution in [2.45, 2.75) is 31.0 Å². The summed E-state index contributed by atoms with van der Waals surface area (Å²) in [6.07, 6.45) is -1.97. The lowest BCUT2D eigenvalue weighted by Crippen LogP contribution is -2.55. The number of halogens is 3. The third-order valence-corrected chi connectivity index (χ3v) is 3.43. The molecule has 0 atom stereocenters. The molecule has 0 radical (unpaired) electrons. The maximum atomic E-state index is 12.8. The molecule has 19 heavy (non-hydrogen) atoms. The van der Waals surface area contributed by atoms with Gasteiger partial charge in [-0.2, -0.15) is 13.2 Å². The Bertz CT molecular complexity index is 481. The number of hydrogen-bond donors (Lipinski definition) is 2. The highest BCUT2D eigenvalue weighted by atomic mass is 19.4. The molecule has 0 aliphatic heterocycles. The Morgan fingerprint density at radius 1 is 1.32 bits per heavy atom. The van der Waals surface area contributed by atoms with Gasteiger partial charge in [0, 0.05) is 12.1 Å². The van der Waals surface area contributed by atoms with E-state index < -0.39 is 23.2 Å². The fourth-order valence-corrected chi connectivity index (χ4v) is 2.09. The van der Waals surface area contributed by atoms with Crippen LogP contribution in [0.15, 0.2) is 24.3 Å². The molecule has 1 saturated carbocycles. The normalized spacial score (nSPS) is 17.7. The molecule has 0 saturated heterocycles. The van der Waals surface area contributed by atoms with Crippen LogP contribution in [-0.4, -0.2) is 18.0 Å². The van der Waals surface area contributed by atoms with Gasteiger partial charge in [0.15, 0.2) is 0 Å². The van der Waals surface area contributed by atoms with Crippen LogP contribution in [0.5, 0.6) is 0 Å². The summed E-state index contributed by atoms with van der Waals surface area (Å²) < 4.78 is 38.3. The summed E-state index contributed by atoms with van der Waals surface area (Å²) >= 11 is 0. The maximum absolute atomic E-state index is 12.8. The van der Waals surface area contributed by atoms with E-state index in [1.165, 1.54) is 18.2 Å². The van der Waals surface area contributed by atoms with Crippen LogP contribution in [0.2, 0.25) is 0 Å². The van der Waals surface area contributed by atoms with Gasteiger partial charge in [-0.25, -0.2) is 0 Å². The first-order valence-corrected chi connectivity index (χ1v) is 6.05. The van der Waals surface area contributed by atoms with Crippen LogP contribution in [0.25, 0.3) is 0 Å². The molecule has 2 rings (SSSR count). The van der Waals surface area contributed by atoms with Crippen LogP contribution >= 0.6 is 0 Å². The Morgan fingerprint density at radius 3 is 2.47 bits per heavy atom. The smallest absolute Gasteiger partial charge is 0.350 e. The lowest BCUT2D eigenvalue weighted by atomic mass is 9.78. The van der Waals surface area contributed by atoms with E-state index in [9.17, 15) is 18.0 Å². The molecule has 0 bridgehead atoms. The van der Waals surface area contributed by atoms with Gasteiger partial charge in [-0.05, 0) is 31.4 Å². The molecule has 1 aromatic rings. The zero-order valence-electron chi connectivity index (χ0n) is 10.3. The molecule has 1 aliphatic carbocycles. The second-order valence-electron chi connectivity index (χ2n) is 4.94. The Hall–Kier alpha value is -1.56. The van der Waals surface area contributed by atoms with E-state index in [0.717, 1.165) is 25.3 Å². The van der Waals surface area contributed by atoms with Crippen LogP contribution in [-0.2, 0) is 6.18 Å². The highest BCUT2D eigenvalue weighted by Crippen LogP contribution is 2.32. The van der Waals surface area contributed by atoms with E-state index in [4.69, 9.17) is 5.73 Å². The first-order chi connectivity index (χ1) is 8.82. The first kappa shape index (κ1) is 13.9. The molecule has 1 fully saturated rings. The summed E-state index contributed by atoms with van der Waals surface area (Å²) in [5.74, 6) is -0.732. The van der Waals surface area contributed by atoms with Crippen LogP contribution in [0.3, 0.4) is 0 Å². The minimum Gasteiger partial charge on any atom is -0.350 e. The second-order valence-corrected chi connectivity index (χ2v) is 4.94. The molecule has 0 aromatic heterocycles.